The Labute approximate surface area is 148 Å². The lowest BCUT2D eigenvalue weighted by Crippen LogP contribution is -2.13. The van der Waals surface area contributed by atoms with Crippen LogP contribution in [0.3, 0.4) is 0 Å². The first-order valence-electron chi connectivity index (χ1n) is 7.33. The fraction of sp³-hybridized carbons (Fsp3) is 0.0556. The summed E-state index contributed by atoms with van der Waals surface area (Å²) in [7, 11) is 0. The maximum absolute atomic E-state index is 12.2. The number of nitrogens with zero attached hydrogens (tertiary/aromatic N) is 2. The molecule has 1 aromatic heterocycles. The Kier molecular flexibility index (Phi) is 4.86. The summed E-state index contributed by atoms with van der Waals surface area (Å²) in [5.41, 5.74) is 3.16. The highest BCUT2D eigenvalue weighted by Crippen LogP contribution is 2.22. The van der Waals surface area contributed by atoms with E-state index in [9.17, 15) is 4.79 Å². The van der Waals surface area contributed by atoms with Gasteiger partial charge < -0.3 is 10.6 Å². The van der Waals surface area contributed by atoms with Crippen molar-refractivity contribution in [2.45, 2.75) is 6.92 Å². The molecule has 1 amide bonds. The van der Waals surface area contributed by atoms with Crippen LogP contribution in [0.1, 0.15) is 15.9 Å². The zero-order valence-electron chi connectivity index (χ0n) is 13.0. The molecule has 0 unspecified atom stereocenters. The van der Waals surface area contributed by atoms with E-state index < -0.39 is 0 Å². The van der Waals surface area contributed by atoms with Crippen molar-refractivity contribution in [1.29, 1.82) is 0 Å². The van der Waals surface area contributed by atoms with E-state index in [4.69, 9.17) is 0 Å². The number of benzene rings is 2. The molecule has 0 fully saturated rings. The van der Waals surface area contributed by atoms with Crippen LogP contribution in [0.25, 0.3) is 0 Å². The molecule has 1 heterocycles. The van der Waals surface area contributed by atoms with Crippen molar-refractivity contribution in [1.82, 2.24) is 9.97 Å². The van der Waals surface area contributed by atoms with Gasteiger partial charge in [0.1, 0.15) is 0 Å². The molecule has 3 aromatic rings. The Morgan fingerprint density at radius 2 is 1.67 bits per heavy atom. The highest BCUT2D eigenvalue weighted by atomic mass is 79.9. The predicted molar refractivity (Wildman–Crippen MR) is 98.6 cm³/mol. The highest BCUT2D eigenvalue weighted by Gasteiger charge is 2.09. The summed E-state index contributed by atoms with van der Waals surface area (Å²) in [5.74, 6) is 0.181. The second-order valence-corrected chi connectivity index (χ2v) is 6.07. The molecular formula is C18H15BrN4O. The number of hydrogen-bond donors (Lipinski definition) is 2. The van der Waals surface area contributed by atoms with Gasteiger partial charge in [-0.05, 0) is 47.1 Å². The smallest absolute Gasteiger partial charge is 0.258 e. The fourth-order valence-corrected chi connectivity index (χ4v) is 2.42. The number of para-hydroxylation sites is 1. The van der Waals surface area contributed by atoms with Gasteiger partial charge in [0, 0.05) is 22.6 Å². The normalized spacial score (nSPS) is 10.2. The van der Waals surface area contributed by atoms with E-state index in [2.05, 4.69) is 36.5 Å². The molecule has 0 saturated carbocycles. The molecule has 3 rings (SSSR count). The summed E-state index contributed by atoms with van der Waals surface area (Å²) < 4.78 is 0.817. The first-order valence-corrected chi connectivity index (χ1v) is 8.13. The molecular weight excluding hydrogens is 368 g/mol. The Balaban J connectivity index is 1.68. The summed E-state index contributed by atoms with van der Waals surface area (Å²) in [6.45, 7) is 2.03. The Morgan fingerprint density at radius 1 is 1.00 bits per heavy atom. The Bertz CT molecular complexity index is 848. The lowest BCUT2D eigenvalue weighted by molar-refractivity contribution is 0.102. The SMILES string of the molecule is Cc1ccc(Nc2ncc(C(=O)Nc3ccccc3Br)cn2)cc1. The number of aryl methyl sites for hydroxylation is 1. The summed E-state index contributed by atoms with van der Waals surface area (Å²) in [6, 6.07) is 15.3. The topological polar surface area (TPSA) is 66.9 Å². The van der Waals surface area contributed by atoms with Crippen LogP contribution in [0.15, 0.2) is 65.4 Å². The number of carbonyl (C=O) groups excluding carboxylic acids is 1. The van der Waals surface area contributed by atoms with Crippen molar-refractivity contribution < 1.29 is 4.79 Å². The van der Waals surface area contributed by atoms with Gasteiger partial charge in [0.05, 0.1) is 11.3 Å². The van der Waals surface area contributed by atoms with E-state index in [0.29, 0.717) is 17.2 Å². The average Bonchev–Trinajstić information content (AvgIpc) is 2.59. The second kappa shape index (κ2) is 7.23. The molecule has 0 bridgehead atoms. The molecule has 2 aromatic carbocycles. The Hall–Kier alpha value is -2.73. The molecule has 0 spiro atoms. The molecule has 0 radical (unpaired) electrons. The van der Waals surface area contributed by atoms with Crippen LogP contribution >= 0.6 is 15.9 Å². The number of amides is 1. The van der Waals surface area contributed by atoms with E-state index in [1.54, 1.807) is 0 Å². The predicted octanol–water partition coefficient (Wildman–Crippen LogP) is 4.54. The van der Waals surface area contributed by atoms with Gasteiger partial charge in [-0.3, -0.25) is 4.79 Å². The van der Waals surface area contributed by atoms with Crippen LogP contribution in [0.4, 0.5) is 17.3 Å². The number of aromatic nitrogens is 2. The number of nitrogens with one attached hydrogen (secondary N) is 2. The largest absolute Gasteiger partial charge is 0.324 e. The van der Waals surface area contributed by atoms with Crippen LogP contribution in [0.2, 0.25) is 0 Å². The van der Waals surface area contributed by atoms with Gasteiger partial charge in [-0.15, -0.1) is 0 Å². The van der Waals surface area contributed by atoms with E-state index in [-0.39, 0.29) is 5.91 Å². The first-order chi connectivity index (χ1) is 11.6. The zero-order valence-corrected chi connectivity index (χ0v) is 14.5. The average molecular weight is 383 g/mol. The van der Waals surface area contributed by atoms with Crippen molar-refractivity contribution in [3.05, 3.63) is 76.5 Å². The lowest BCUT2D eigenvalue weighted by Gasteiger charge is -2.08. The molecule has 0 aliphatic carbocycles. The standard InChI is InChI=1S/C18H15BrN4O/c1-12-6-8-14(9-7-12)22-18-20-10-13(11-21-18)17(24)23-16-5-3-2-4-15(16)19/h2-11H,1H3,(H,23,24)(H,20,21,22). The minimum atomic E-state index is -0.260. The minimum Gasteiger partial charge on any atom is -0.324 e. The monoisotopic (exact) mass is 382 g/mol. The number of halogens is 1. The molecule has 6 heteroatoms. The van der Waals surface area contributed by atoms with Gasteiger partial charge in [-0.25, -0.2) is 9.97 Å². The van der Waals surface area contributed by atoms with Gasteiger partial charge in [-0.1, -0.05) is 29.8 Å². The molecule has 2 N–H and O–H groups in total. The van der Waals surface area contributed by atoms with Crippen LogP contribution in [0.5, 0.6) is 0 Å². The van der Waals surface area contributed by atoms with Crippen molar-refractivity contribution in [2.24, 2.45) is 0 Å². The third kappa shape index (κ3) is 3.97. The third-order valence-electron chi connectivity index (χ3n) is 3.34. The molecule has 24 heavy (non-hydrogen) atoms. The van der Waals surface area contributed by atoms with E-state index >= 15 is 0 Å². The van der Waals surface area contributed by atoms with Crippen LogP contribution in [0, 0.1) is 6.92 Å². The first kappa shape index (κ1) is 16.1. The van der Waals surface area contributed by atoms with E-state index in [0.717, 1.165) is 10.2 Å². The van der Waals surface area contributed by atoms with Crippen molar-refractivity contribution in [2.75, 3.05) is 10.6 Å². The van der Waals surface area contributed by atoms with Gasteiger partial charge in [0.25, 0.3) is 5.91 Å². The lowest BCUT2D eigenvalue weighted by atomic mass is 10.2. The quantitative estimate of drug-likeness (QED) is 0.694. The van der Waals surface area contributed by atoms with Crippen LogP contribution in [-0.2, 0) is 0 Å². The molecule has 0 aliphatic rings. The molecule has 5 nitrogen and oxygen atoms in total. The molecule has 0 aliphatic heterocycles. The molecule has 120 valence electrons. The maximum atomic E-state index is 12.2. The zero-order chi connectivity index (χ0) is 16.9. The maximum Gasteiger partial charge on any atom is 0.258 e. The van der Waals surface area contributed by atoms with Crippen molar-refractivity contribution in [3.8, 4) is 0 Å². The van der Waals surface area contributed by atoms with Crippen molar-refractivity contribution in [3.63, 3.8) is 0 Å². The van der Waals surface area contributed by atoms with Crippen LogP contribution in [-0.4, -0.2) is 15.9 Å². The second-order valence-electron chi connectivity index (χ2n) is 5.22. The summed E-state index contributed by atoms with van der Waals surface area (Å²) in [4.78, 5) is 20.6. The number of anilines is 3. The highest BCUT2D eigenvalue weighted by molar-refractivity contribution is 9.10. The fourth-order valence-electron chi connectivity index (χ4n) is 2.03. The van der Waals surface area contributed by atoms with Gasteiger partial charge >= 0.3 is 0 Å². The number of rotatable bonds is 4. The number of hydrogen-bond acceptors (Lipinski definition) is 4. The summed E-state index contributed by atoms with van der Waals surface area (Å²) in [6.07, 6.45) is 2.99. The third-order valence-corrected chi connectivity index (χ3v) is 4.04. The summed E-state index contributed by atoms with van der Waals surface area (Å²) in [5, 5.41) is 5.91. The van der Waals surface area contributed by atoms with Gasteiger partial charge in [0.2, 0.25) is 5.95 Å². The van der Waals surface area contributed by atoms with E-state index in [1.807, 2.05) is 55.5 Å². The Morgan fingerprint density at radius 3 is 2.33 bits per heavy atom. The molecule has 0 atom stereocenters. The molecule has 0 saturated heterocycles. The van der Waals surface area contributed by atoms with E-state index in [1.165, 1.54) is 18.0 Å². The van der Waals surface area contributed by atoms with Crippen LogP contribution < -0.4 is 10.6 Å². The number of carbonyl (C=O) groups is 1. The van der Waals surface area contributed by atoms with Gasteiger partial charge in [-0.2, -0.15) is 0 Å². The minimum absolute atomic E-state index is 0.260. The summed E-state index contributed by atoms with van der Waals surface area (Å²) >= 11 is 3.40. The van der Waals surface area contributed by atoms with Gasteiger partial charge in [0.15, 0.2) is 0 Å². The van der Waals surface area contributed by atoms with Crippen molar-refractivity contribution >= 4 is 39.2 Å².